The maximum Gasteiger partial charge on any atom is 0.272 e. The zero-order valence-corrected chi connectivity index (χ0v) is 19.5. The Morgan fingerprint density at radius 2 is 1.79 bits per heavy atom. The summed E-state index contributed by atoms with van der Waals surface area (Å²) in [5.41, 5.74) is 4.17. The molecule has 1 N–H and O–H groups in total. The number of fused-ring (bicyclic) bond motifs is 1. The lowest BCUT2D eigenvalue weighted by Crippen LogP contribution is -2.54. The quantitative estimate of drug-likeness (QED) is 0.477. The molecule has 174 valence electrons. The van der Waals surface area contributed by atoms with E-state index in [-0.39, 0.29) is 12.0 Å². The van der Waals surface area contributed by atoms with Gasteiger partial charge < -0.3 is 14.7 Å². The maximum atomic E-state index is 12.8. The lowest BCUT2D eigenvalue weighted by molar-refractivity contribution is -0.0194. The highest BCUT2D eigenvalue weighted by Gasteiger charge is 2.31. The molecule has 0 unspecified atom stereocenters. The third-order valence-corrected chi connectivity index (χ3v) is 6.00. The number of ether oxygens (including phenoxy) is 1. The minimum atomic E-state index is -0.830. The number of benzene rings is 1. The van der Waals surface area contributed by atoms with Gasteiger partial charge in [0.1, 0.15) is 5.69 Å². The molecule has 0 atom stereocenters. The lowest BCUT2D eigenvalue weighted by Gasteiger charge is -2.37. The van der Waals surface area contributed by atoms with E-state index in [4.69, 9.17) is 9.72 Å². The molecule has 1 aromatic carbocycles. The Morgan fingerprint density at radius 3 is 2.50 bits per heavy atom. The number of carbonyl (C=O) groups excluding carboxylic acids is 1. The molecule has 8 nitrogen and oxygen atoms in total. The van der Waals surface area contributed by atoms with Crippen molar-refractivity contribution < 1.29 is 14.6 Å². The first-order chi connectivity index (χ1) is 16.3. The number of carbonyl (C=O) groups is 1. The lowest BCUT2D eigenvalue weighted by atomic mass is 10.0. The zero-order chi connectivity index (χ0) is 23.9. The van der Waals surface area contributed by atoms with Gasteiger partial charge in [-0.3, -0.25) is 14.5 Å². The Kier molecular flexibility index (Phi) is 5.63. The predicted octanol–water partition coefficient (Wildman–Crippen LogP) is 3.40. The molecule has 1 fully saturated rings. The molecule has 0 bridgehead atoms. The van der Waals surface area contributed by atoms with Crippen molar-refractivity contribution >= 4 is 16.8 Å². The number of methoxy groups -OCH3 is 1. The number of nitrogens with zero attached hydrogens (tertiary/aromatic N) is 5. The molecule has 1 aliphatic rings. The van der Waals surface area contributed by atoms with Gasteiger partial charge in [-0.2, -0.15) is 5.10 Å². The van der Waals surface area contributed by atoms with Crippen LogP contribution in [-0.4, -0.2) is 67.6 Å². The number of hydrogen-bond acceptors (Lipinski definition) is 6. The highest BCUT2D eigenvalue weighted by Crippen LogP contribution is 2.29. The van der Waals surface area contributed by atoms with E-state index < -0.39 is 5.60 Å². The SMILES string of the molecule is COC1CN(C(=O)c2ccc3cncc(-c4ccc(-c5cnn(CC(C)(C)O)c5)cc4)c3n2)C1. The minimum absolute atomic E-state index is 0.0867. The van der Waals surface area contributed by atoms with Crippen molar-refractivity contribution in [1.82, 2.24) is 24.6 Å². The number of amides is 1. The third-order valence-electron chi connectivity index (χ3n) is 6.00. The van der Waals surface area contributed by atoms with E-state index in [2.05, 4.69) is 10.1 Å². The third kappa shape index (κ3) is 4.42. The van der Waals surface area contributed by atoms with Gasteiger partial charge in [-0.15, -0.1) is 0 Å². The number of hydrogen-bond donors (Lipinski definition) is 1. The molecule has 0 aliphatic carbocycles. The first-order valence-electron chi connectivity index (χ1n) is 11.2. The van der Waals surface area contributed by atoms with Gasteiger partial charge in [-0.05, 0) is 37.1 Å². The fourth-order valence-electron chi connectivity index (χ4n) is 4.13. The molecule has 1 amide bonds. The molecule has 5 rings (SSSR count). The van der Waals surface area contributed by atoms with Crippen molar-refractivity contribution in [1.29, 1.82) is 0 Å². The molecule has 0 spiro atoms. The fourth-order valence-corrected chi connectivity index (χ4v) is 4.13. The van der Waals surface area contributed by atoms with Crippen LogP contribution in [0.15, 0.2) is 61.2 Å². The van der Waals surface area contributed by atoms with Crippen LogP contribution in [0.2, 0.25) is 0 Å². The van der Waals surface area contributed by atoms with Gasteiger partial charge in [0, 0.05) is 55.3 Å². The molecule has 1 aliphatic heterocycles. The van der Waals surface area contributed by atoms with Gasteiger partial charge in [0.25, 0.3) is 5.91 Å². The zero-order valence-electron chi connectivity index (χ0n) is 19.5. The van der Waals surface area contributed by atoms with Crippen LogP contribution in [0.1, 0.15) is 24.3 Å². The molecule has 34 heavy (non-hydrogen) atoms. The summed E-state index contributed by atoms with van der Waals surface area (Å²) in [5, 5.41) is 15.3. The van der Waals surface area contributed by atoms with Gasteiger partial charge in [-0.25, -0.2) is 4.98 Å². The second-order valence-corrected chi connectivity index (χ2v) is 9.34. The fraction of sp³-hybridized carbons (Fsp3) is 0.308. The standard InChI is InChI=1S/C26H27N5O3/c1-26(2,33)16-31-13-20(11-28-31)17-4-6-18(7-5-17)22-12-27-10-19-8-9-23(29-24(19)22)25(32)30-14-21(15-30)34-3/h4-13,21,33H,14-16H2,1-3H3. The second kappa shape index (κ2) is 8.62. The van der Waals surface area contributed by atoms with Gasteiger partial charge in [0.2, 0.25) is 0 Å². The molecular formula is C26H27N5O3. The maximum absolute atomic E-state index is 12.8. The van der Waals surface area contributed by atoms with Crippen molar-refractivity contribution in [3.63, 3.8) is 0 Å². The molecule has 0 saturated carbocycles. The first kappa shape index (κ1) is 22.2. The molecule has 0 radical (unpaired) electrons. The Labute approximate surface area is 197 Å². The molecule has 1 saturated heterocycles. The normalized spacial score (nSPS) is 14.4. The van der Waals surface area contributed by atoms with E-state index in [0.29, 0.717) is 25.3 Å². The summed E-state index contributed by atoms with van der Waals surface area (Å²) in [6.07, 6.45) is 7.37. The smallest absolute Gasteiger partial charge is 0.272 e. The molecule has 3 aromatic heterocycles. The van der Waals surface area contributed by atoms with Gasteiger partial charge in [-0.1, -0.05) is 24.3 Å². The van der Waals surface area contributed by atoms with Crippen molar-refractivity contribution in [2.24, 2.45) is 0 Å². The average Bonchev–Trinajstić information content (AvgIpc) is 3.24. The Hall–Kier alpha value is -3.62. The van der Waals surface area contributed by atoms with Crippen LogP contribution in [0.4, 0.5) is 0 Å². The number of aliphatic hydroxyl groups is 1. The summed E-state index contributed by atoms with van der Waals surface area (Å²) in [4.78, 5) is 23.7. The second-order valence-electron chi connectivity index (χ2n) is 9.34. The van der Waals surface area contributed by atoms with E-state index in [1.807, 2.05) is 36.5 Å². The van der Waals surface area contributed by atoms with Crippen LogP contribution >= 0.6 is 0 Å². The van der Waals surface area contributed by atoms with Gasteiger partial charge in [0.05, 0.1) is 30.0 Å². The van der Waals surface area contributed by atoms with E-state index in [0.717, 1.165) is 33.2 Å². The summed E-state index contributed by atoms with van der Waals surface area (Å²) in [6, 6.07) is 11.7. The van der Waals surface area contributed by atoms with Crippen LogP contribution < -0.4 is 0 Å². The van der Waals surface area contributed by atoms with Crippen LogP contribution in [0.25, 0.3) is 33.2 Å². The van der Waals surface area contributed by atoms with E-state index in [1.54, 1.807) is 55.2 Å². The van der Waals surface area contributed by atoms with Crippen molar-refractivity contribution in [2.45, 2.75) is 32.1 Å². The summed E-state index contributed by atoms with van der Waals surface area (Å²) in [7, 11) is 1.66. The summed E-state index contributed by atoms with van der Waals surface area (Å²) in [6.45, 7) is 5.11. The molecule has 8 heteroatoms. The van der Waals surface area contributed by atoms with Gasteiger partial charge in [0.15, 0.2) is 0 Å². The Morgan fingerprint density at radius 1 is 1.06 bits per heavy atom. The summed E-state index contributed by atoms with van der Waals surface area (Å²) < 4.78 is 7.02. The molecule has 4 heterocycles. The highest BCUT2D eigenvalue weighted by molar-refractivity contribution is 5.98. The van der Waals surface area contributed by atoms with Crippen LogP contribution in [0.3, 0.4) is 0 Å². The van der Waals surface area contributed by atoms with Crippen LogP contribution in [0.5, 0.6) is 0 Å². The van der Waals surface area contributed by atoms with Crippen LogP contribution in [0, 0.1) is 0 Å². The van der Waals surface area contributed by atoms with Crippen molar-refractivity contribution in [3.8, 4) is 22.3 Å². The van der Waals surface area contributed by atoms with Crippen molar-refractivity contribution in [3.05, 3.63) is 66.9 Å². The molecule has 4 aromatic rings. The first-order valence-corrected chi connectivity index (χ1v) is 11.2. The number of pyridine rings is 2. The van der Waals surface area contributed by atoms with Crippen LogP contribution in [-0.2, 0) is 11.3 Å². The largest absolute Gasteiger partial charge is 0.389 e. The Balaban J connectivity index is 1.42. The van der Waals surface area contributed by atoms with Crippen molar-refractivity contribution in [2.75, 3.05) is 20.2 Å². The summed E-state index contributed by atoms with van der Waals surface area (Å²) >= 11 is 0. The topological polar surface area (TPSA) is 93.4 Å². The number of rotatable bonds is 6. The van der Waals surface area contributed by atoms with E-state index >= 15 is 0 Å². The summed E-state index contributed by atoms with van der Waals surface area (Å²) in [5.74, 6) is -0.0867. The van der Waals surface area contributed by atoms with E-state index in [1.165, 1.54) is 0 Å². The number of likely N-dealkylation sites (tertiary alicyclic amines) is 1. The highest BCUT2D eigenvalue weighted by atomic mass is 16.5. The van der Waals surface area contributed by atoms with E-state index in [9.17, 15) is 9.90 Å². The Bertz CT molecular complexity index is 1330. The predicted molar refractivity (Wildman–Crippen MR) is 129 cm³/mol. The number of aromatic nitrogens is 4. The van der Waals surface area contributed by atoms with Gasteiger partial charge >= 0.3 is 0 Å². The monoisotopic (exact) mass is 457 g/mol. The average molecular weight is 458 g/mol. The minimum Gasteiger partial charge on any atom is -0.389 e. The molecular weight excluding hydrogens is 430 g/mol.